The highest BCUT2D eigenvalue weighted by Crippen LogP contribution is 2.32. The van der Waals surface area contributed by atoms with Gasteiger partial charge in [0.05, 0.1) is 11.8 Å². The van der Waals surface area contributed by atoms with E-state index < -0.39 is 0 Å². The summed E-state index contributed by atoms with van der Waals surface area (Å²) in [7, 11) is 0. The molecule has 4 nitrogen and oxygen atoms in total. The highest BCUT2D eigenvalue weighted by molar-refractivity contribution is 6.09. The smallest absolute Gasteiger partial charge is 0.309 e. The van der Waals surface area contributed by atoms with E-state index in [2.05, 4.69) is 55.5 Å². The van der Waals surface area contributed by atoms with Crippen molar-refractivity contribution in [3.63, 3.8) is 0 Å². The Hall–Kier alpha value is -2.88. The second-order valence-corrected chi connectivity index (χ2v) is 9.52. The number of benzene rings is 3. The van der Waals surface area contributed by atoms with Crippen molar-refractivity contribution in [3.8, 4) is 0 Å². The van der Waals surface area contributed by atoms with Crippen molar-refractivity contribution in [2.45, 2.75) is 72.0 Å². The molecule has 3 aromatic carbocycles. The minimum Gasteiger partial charge on any atom is -0.462 e. The van der Waals surface area contributed by atoms with Crippen molar-refractivity contribution in [1.29, 1.82) is 0 Å². The molecule has 4 rings (SSSR count). The van der Waals surface area contributed by atoms with E-state index in [1.54, 1.807) is 0 Å². The minimum atomic E-state index is -0.310. The number of rotatable bonds is 6. The molecule has 1 aliphatic carbocycles. The second-order valence-electron chi connectivity index (χ2n) is 9.52. The lowest BCUT2D eigenvalue weighted by molar-refractivity contribution is -0.159. The fraction of sp³-hybridized carbons (Fsp3) is 0.448. The van der Waals surface area contributed by atoms with Gasteiger partial charge in [0.15, 0.2) is 0 Å². The van der Waals surface area contributed by atoms with Gasteiger partial charge in [-0.15, -0.1) is 0 Å². The first-order chi connectivity index (χ1) is 15.9. The highest BCUT2D eigenvalue weighted by atomic mass is 16.5. The third-order valence-electron chi connectivity index (χ3n) is 7.16. The minimum absolute atomic E-state index is 0.0719. The molecule has 0 bridgehead atoms. The molecule has 3 aromatic rings. The van der Waals surface area contributed by atoms with Gasteiger partial charge in [-0.3, -0.25) is 9.59 Å². The number of carbonyl (C=O) groups is 2. The summed E-state index contributed by atoms with van der Waals surface area (Å²) in [4.78, 5) is 24.8. The molecule has 0 saturated heterocycles. The largest absolute Gasteiger partial charge is 0.462 e. The van der Waals surface area contributed by atoms with Gasteiger partial charge in [-0.2, -0.15) is 0 Å². The number of aryl methyl sites for hydroxylation is 1. The standard InChI is InChI=1S/C29H34O4/c1-5-18(2)28(30)33-25-14-11-22(12-15-25)29(31)32-20(4)23-13-16-26-24(17-23)10-9-21-8-6-7-19(3)27(21)26/h6-10,13,16-18,20,22,25H,5,11-12,14-15H2,1-4H3. The fourth-order valence-electron chi connectivity index (χ4n) is 4.78. The Morgan fingerprint density at radius 3 is 2.42 bits per heavy atom. The van der Waals surface area contributed by atoms with Crippen molar-refractivity contribution < 1.29 is 19.1 Å². The average molecular weight is 447 g/mol. The van der Waals surface area contributed by atoms with Crippen LogP contribution in [0.2, 0.25) is 0 Å². The van der Waals surface area contributed by atoms with Crippen LogP contribution in [0.15, 0.2) is 48.5 Å². The lowest BCUT2D eigenvalue weighted by Crippen LogP contribution is -2.30. The lowest BCUT2D eigenvalue weighted by atomic mass is 9.87. The summed E-state index contributed by atoms with van der Waals surface area (Å²) in [6.07, 6.45) is 3.24. The summed E-state index contributed by atoms with van der Waals surface area (Å²) < 4.78 is 11.5. The number of hydrogen-bond donors (Lipinski definition) is 0. The van der Waals surface area contributed by atoms with E-state index in [0.717, 1.165) is 30.2 Å². The van der Waals surface area contributed by atoms with Crippen LogP contribution in [0.4, 0.5) is 0 Å². The van der Waals surface area contributed by atoms with Gasteiger partial charge in [0.25, 0.3) is 0 Å². The van der Waals surface area contributed by atoms with Crippen LogP contribution in [0, 0.1) is 18.8 Å². The van der Waals surface area contributed by atoms with Crippen LogP contribution in [0.1, 0.15) is 70.1 Å². The summed E-state index contributed by atoms with van der Waals surface area (Å²) in [6.45, 7) is 7.95. The third kappa shape index (κ3) is 5.05. The Morgan fingerprint density at radius 2 is 1.70 bits per heavy atom. The van der Waals surface area contributed by atoms with Crippen LogP contribution in [0.25, 0.3) is 21.5 Å². The molecule has 4 heteroatoms. The molecular weight excluding hydrogens is 412 g/mol. The van der Waals surface area contributed by atoms with Gasteiger partial charge in [-0.25, -0.2) is 0 Å². The maximum absolute atomic E-state index is 12.8. The third-order valence-corrected chi connectivity index (χ3v) is 7.16. The highest BCUT2D eigenvalue weighted by Gasteiger charge is 2.31. The topological polar surface area (TPSA) is 52.6 Å². The predicted octanol–water partition coefficient (Wildman–Crippen LogP) is 7.05. The normalized spacial score (nSPS) is 20.4. The summed E-state index contributed by atoms with van der Waals surface area (Å²) >= 11 is 0. The van der Waals surface area contributed by atoms with Gasteiger partial charge in [0.1, 0.15) is 12.2 Å². The van der Waals surface area contributed by atoms with E-state index >= 15 is 0 Å². The molecule has 1 fully saturated rings. The van der Waals surface area contributed by atoms with Crippen LogP contribution < -0.4 is 0 Å². The number of esters is 2. The number of ether oxygens (including phenoxy) is 2. The van der Waals surface area contributed by atoms with Crippen LogP contribution >= 0.6 is 0 Å². The molecule has 1 saturated carbocycles. The Labute approximate surface area is 196 Å². The van der Waals surface area contributed by atoms with Gasteiger partial charge in [-0.1, -0.05) is 56.3 Å². The Morgan fingerprint density at radius 1 is 0.970 bits per heavy atom. The summed E-state index contributed by atoms with van der Waals surface area (Å²) in [5.74, 6) is -0.476. The zero-order chi connectivity index (χ0) is 23.5. The summed E-state index contributed by atoms with van der Waals surface area (Å²) in [5, 5.41) is 4.89. The second kappa shape index (κ2) is 9.94. The molecule has 0 spiro atoms. The van der Waals surface area contributed by atoms with Gasteiger partial charge < -0.3 is 9.47 Å². The van der Waals surface area contributed by atoms with E-state index in [9.17, 15) is 9.59 Å². The average Bonchev–Trinajstić information content (AvgIpc) is 2.83. The van der Waals surface area contributed by atoms with E-state index in [-0.39, 0.29) is 36.0 Å². The molecule has 0 aliphatic heterocycles. The van der Waals surface area contributed by atoms with Gasteiger partial charge in [-0.05, 0) is 84.7 Å². The van der Waals surface area contributed by atoms with Gasteiger partial charge >= 0.3 is 11.9 Å². The van der Waals surface area contributed by atoms with Crippen LogP contribution in [0.5, 0.6) is 0 Å². The molecule has 0 radical (unpaired) electrons. The maximum atomic E-state index is 12.8. The zero-order valence-electron chi connectivity index (χ0n) is 20.1. The first kappa shape index (κ1) is 23.3. The molecule has 2 unspecified atom stereocenters. The van der Waals surface area contributed by atoms with Crippen LogP contribution in [-0.2, 0) is 19.1 Å². The SMILES string of the molecule is CCC(C)C(=O)OC1CCC(C(=O)OC(C)c2ccc3c(ccc4cccc(C)c43)c2)CC1. The number of carbonyl (C=O) groups excluding carboxylic acids is 2. The molecular formula is C29H34O4. The van der Waals surface area contributed by atoms with E-state index in [4.69, 9.17) is 9.47 Å². The Bertz CT molecular complexity index is 1160. The number of hydrogen-bond acceptors (Lipinski definition) is 4. The zero-order valence-corrected chi connectivity index (χ0v) is 20.1. The van der Waals surface area contributed by atoms with E-state index in [0.29, 0.717) is 12.8 Å². The molecule has 33 heavy (non-hydrogen) atoms. The van der Waals surface area contributed by atoms with E-state index in [1.165, 1.54) is 21.7 Å². The fourth-order valence-corrected chi connectivity index (χ4v) is 4.78. The molecule has 0 amide bonds. The van der Waals surface area contributed by atoms with Crippen molar-refractivity contribution in [2.75, 3.05) is 0 Å². The van der Waals surface area contributed by atoms with Crippen molar-refractivity contribution >= 4 is 33.5 Å². The van der Waals surface area contributed by atoms with E-state index in [1.807, 2.05) is 20.8 Å². The molecule has 0 aromatic heterocycles. The van der Waals surface area contributed by atoms with Gasteiger partial charge in [0.2, 0.25) is 0 Å². The molecule has 0 heterocycles. The summed E-state index contributed by atoms with van der Waals surface area (Å²) in [5.41, 5.74) is 2.26. The first-order valence-corrected chi connectivity index (χ1v) is 12.2. The first-order valence-electron chi connectivity index (χ1n) is 12.2. The molecule has 174 valence electrons. The summed E-state index contributed by atoms with van der Waals surface area (Å²) in [6, 6.07) is 17.0. The maximum Gasteiger partial charge on any atom is 0.309 e. The lowest BCUT2D eigenvalue weighted by Gasteiger charge is -2.28. The molecule has 0 N–H and O–H groups in total. The van der Waals surface area contributed by atoms with Crippen LogP contribution in [-0.4, -0.2) is 18.0 Å². The molecule has 2 atom stereocenters. The molecule has 1 aliphatic rings. The van der Waals surface area contributed by atoms with Crippen molar-refractivity contribution in [2.24, 2.45) is 11.8 Å². The Kier molecular flexibility index (Phi) is 7.02. The predicted molar refractivity (Wildman–Crippen MR) is 132 cm³/mol. The monoisotopic (exact) mass is 446 g/mol. The van der Waals surface area contributed by atoms with Crippen molar-refractivity contribution in [3.05, 3.63) is 59.7 Å². The Balaban J connectivity index is 1.38. The number of fused-ring (bicyclic) bond motifs is 3. The van der Waals surface area contributed by atoms with Crippen LogP contribution in [0.3, 0.4) is 0 Å². The van der Waals surface area contributed by atoms with Crippen molar-refractivity contribution in [1.82, 2.24) is 0 Å². The quantitative estimate of drug-likeness (QED) is 0.301. The van der Waals surface area contributed by atoms with Gasteiger partial charge in [0, 0.05) is 0 Å².